The highest BCUT2D eigenvalue weighted by Gasteiger charge is 2.27. The maximum Gasteiger partial charge on any atom is 0.224 e. The summed E-state index contributed by atoms with van der Waals surface area (Å²) in [6.07, 6.45) is 6.94. The number of amides is 1. The van der Waals surface area contributed by atoms with Gasteiger partial charge in [0.05, 0.1) is 11.7 Å². The fourth-order valence-corrected chi connectivity index (χ4v) is 3.92. The van der Waals surface area contributed by atoms with Crippen LogP contribution < -0.4 is 10.1 Å². The van der Waals surface area contributed by atoms with Gasteiger partial charge < -0.3 is 10.1 Å². The first-order valence-electron chi connectivity index (χ1n) is 10.8. The van der Waals surface area contributed by atoms with Crippen molar-refractivity contribution in [3.8, 4) is 5.75 Å². The van der Waals surface area contributed by atoms with Crippen molar-refractivity contribution in [2.75, 3.05) is 26.2 Å². The van der Waals surface area contributed by atoms with E-state index in [0.29, 0.717) is 6.61 Å². The summed E-state index contributed by atoms with van der Waals surface area (Å²) in [5, 5.41) is 3.23. The number of rotatable bonds is 8. The van der Waals surface area contributed by atoms with Crippen LogP contribution in [0.2, 0.25) is 0 Å². The van der Waals surface area contributed by atoms with E-state index in [1.807, 2.05) is 60.7 Å². The van der Waals surface area contributed by atoms with Crippen molar-refractivity contribution in [1.82, 2.24) is 20.2 Å². The number of likely N-dealkylation sites (tertiary alicyclic amines) is 1. The Balaban J connectivity index is 1.29. The van der Waals surface area contributed by atoms with Gasteiger partial charge in [-0.15, -0.1) is 0 Å². The molecule has 2 aromatic heterocycles. The number of carbonyl (C=O) groups is 1. The van der Waals surface area contributed by atoms with E-state index in [-0.39, 0.29) is 17.9 Å². The van der Waals surface area contributed by atoms with Crippen LogP contribution >= 0.6 is 0 Å². The normalized spacial score (nSPS) is 15.9. The summed E-state index contributed by atoms with van der Waals surface area (Å²) in [6.45, 7) is 3.33. The summed E-state index contributed by atoms with van der Waals surface area (Å²) >= 11 is 0. The second kappa shape index (κ2) is 10.7. The predicted molar refractivity (Wildman–Crippen MR) is 120 cm³/mol. The second-order valence-electron chi connectivity index (χ2n) is 7.75. The molecular formula is C25H28N4O2. The highest BCUT2D eigenvalue weighted by atomic mass is 16.5. The highest BCUT2D eigenvalue weighted by Crippen LogP contribution is 2.23. The minimum atomic E-state index is -0.269. The van der Waals surface area contributed by atoms with Gasteiger partial charge >= 0.3 is 0 Å². The summed E-state index contributed by atoms with van der Waals surface area (Å²) in [7, 11) is 0. The molecule has 0 bridgehead atoms. The number of hydrogen-bond donors (Lipinski definition) is 1. The lowest BCUT2D eigenvalue weighted by Gasteiger charge is -2.32. The lowest BCUT2D eigenvalue weighted by atomic mass is 9.94. The number of benzene rings is 1. The van der Waals surface area contributed by atoms with Gasteiger partial charge in [0.1, 0.15) is 12.4 Å². The third-order valence-corrected chi connectivity index (χ3v) is 5.69. The fraction of sp³-hybridized carbons (Fsp3) is 0.320. The SMILES string of the molecule is O=C(NC(c1ccncc1)c1ccccn1)C1CCN(CCOc2ccccc2)CC1. The van der Waals surface area contributed by atoms with Gasteiger partial charge in [-0.2, -0.15) is 0 Å². The van der Waals surface area contributed by atoms with E-state index in [0.717, 1.165) is 49.5 Å². The summed E-state index contributed by atoms with van der Waals surface area (Å²) in [6, 6.07) is 19.2. The van der Waals surface area contributed by atoms with Crippen molar-refractivity contribution < 1.29 is 9.53 Å². The lowest BCUT2D eigenvalue weighted by molar-refractivity contribution is -0.127. The van der Waals surface area contributed by atoms with Gasteiger partial charge in [-0.1, -0.05) is 24.3 Å². The number of hydrogen-bond acceptors (Lipinski definition) is 5. The van der Waals surface area contributed by atoms with Crippen LogP contribution in [-0.2, 0) is 4.79 Å². The largest absolute Gasteiger partial charge is 0.492 e. The number of nitrogens with one attached hydrogen (secondary N) is 1. The Morgan fingerprint density at radius 1 is 1.00 bits per heavy atom. The Hall–Kier alpha value is -3.25. The number of nitrogens with zero attached hydrogens (tertiary/aromatic N) is 3. The average Bonchev–Trinajstić information content (AvgIpc) is 2.84. The molecule has 4 rings (SSSR count). The molecule has 0 aliphatic carbocycles. The third-order valence-electron chi connectivity index (χ3n) is 5.69. The Morgan fingerprint density at radius 2 is 1.74 bits per heavy atom. The van der Waals surface area contributed by atoms with Gasteiger partial charge in [0.2, 0.25) is 5.91 Å². The molecule has 1 unspecified atom stereocenters. The van der Waals surface area contributed by atoms with Crippen molar-refractivity contribution in [2.24, 2.45) is 5.92 Å². The van der Waals surface area contributed by atoms with Crippen molar-refractivity contribution in [3.63, 3.8) is 0 Å². The van der Waals surface area contributed by atoms with Crippen molar-refractivity contribution >= 4 is 5.91 Å². The van der Waals surface area contributed by atoms with Gasteiger partial charge in [-0.05, 0) is 67.9 Å². The Labute approximate surface area is 183 Å². The standard InChI is InChI=1S/C25H28N4O2/c30-25(28-24(20-9-14-26-15-10-20)23-8-4-5-13-27-23)21-11-16-29(17-12-21)18-19-31-22-6-2-1-3-7-22/h1-10,13-15,21,24H,11-12,16-19H2,(H,28,30). The summed E-state index contributed by atoms with van der Waals surface area (Å²) in [5.74, 6) is 1.00. The van der Waals surface area contributed by atoms with Gasteiger partial charge in [0.15, 0.2) is 0 Å². The van der Waals surface area contributed by atoms with Crippen LogP contribution in [0.4, 0.5) is 0 Å². The molecule has 1 N–H and O–H groups in total. The van der Waals surface area contributed by atoms with E-state index < -0.39 is 0 Å². The topological polar surface area (TPSA) is 67.4 Å². The molecule has 0 saturated carbocycles. The number of piperidine rings is 1. The van der Waals surface area contributed by atoms with E-state index in [9.17, 15) is 4.79 Å². The van der Waals surface area contributed by atoms with E-state index in [2.05, 4.69) is 20.2 Å². The first-order chi connectivity index (χ1) is 15.3. The zero-order chi connectivity index (χ0) is 21.3. The second-order valence-corrected chi connectivity index (χ2v) is 7.75. The molecule has 0 spiro atoms. The van der Waals surface area contributed by atoms with Gasteiger partial charge in [0.25, 0.3) is 0 Å². The average molecular weight is 417 g/mol. The predicted octanol–water partition coefficient (Wildman–Crippen LogP) is 3.47. The van der Waals surface area contributed by atoms with Crippen LogP contribution in [-0.4, -0.2) is 47.0 Å². The molecule has 6 nitrogen and oxygen atoms in total. The van der Waals surface area contributed by atoms with Crippen LogP contribution in [0.1, 0.15) is 30.1 Å². The number of para-hydroxylation sites is 1. The molecule has 3 heterocycles. The first kappa shape index (κ1) is 21.0. The molecule has 1 fully saturated rings. The molecule has 31 heavy (non-hydrogen) atoms. The molecule has 1 aliphatic rings. The molecule has 1 saturated heterocycles. The maximum absolute atomic E-state index is 13.1. The van der Waals surface area contributed by atoms with Crippen molar-refractivity contribution in [1.29, 1.82) is 0 Å². The van der Waals surface area contributed by atoms with E-state index in [1.54, 1.807) is 18.6 Å². The number of aromatic nitrogens is 2. The number of ether oxygens (including phenoxy) is 1. The quantitative estimate of drug-likeness (QED) is 0.609. The van der Waals surface area contributed by atoms with Crippen LogP contribution in [0.15, 0.2) is 79.3 Å². The maximum atomic E-state index is 13.1. The van der Waals surface area contributed by atoms with Gasteiger partial charge in [-0.25, -0.2) is 0 Å². The molecular weight excluding hydrogens is 388 g/mol. The smallest absolute Gasteiger partial charge is 0.224 e. The molecule has 1 aromatic carbocycles. The van der Waals surface area contributed by atoms with Gasteiger partial charge in [-0.3, -0.25) is 19.7 Å². The molecule has 160 valence electrons. The Bertz CT molecular complexity index is 890. The van der Waals surface area contributed by atoms with Gasteiger partial charge in [0, 0.05) is 31.1 Å². The van der Waals surface area contributed by atoms with E-state index in [1.165, 1.54) is 0 Å². The zero-order valence-corrected chi connectivity index (χ0v) is 17.6. The lowest BCUT2D eigenvalue weighted by Crippen LogP contribution is -2.42. The van der Waals surface area contributed by atoms with Crippen molar-refractivity contribution in [2.45, 2.75) is 18.9 Å². The first-order valence-corrected chi connectivity index (χ1v) is 10.8. The molecule has 1 aliphatic heterocycles. The minimum absolute atomic E-state index is 0.0133. The zero-order valence-electron chi connectivity index (χ0n) is 17.6. The van der Waals surface area contributed by atoms with E-state index in [4.69, 9.17) is 4.74 Å². The van der Waals surface area contributed by atoms with Crippen molar-refractivity contribution in [3.05, 3.63) is 90.5 Å². The summed E-state index contributed by atoms with van der Waals surface area (Å²) in [4.78, 5) is 24.0. The summed E-state index contributed by atoms with van der Waals surface area (Å²) < 4.78 is 5.80. The third kappa shape index (κ3) is 5.89. The molecule has 0 radical (unpaired) electrons. The molecule has 3 aromatic rings. The molecule has 1 amide bonds. The highest BCUT2D eigenvalue weighted by molar-refractivity contribution is 5.79. The van der Waals surface area contributed by atoms with Crippen LogP contribution in [0.25, 0.3) is 0 Å². The van der Waals surface area contributed by atoms with E-state index >= 15 is 0 Å². The number of carbonyl (C=O) groups excluding carboxylic acids is 1. The molecule has 1 atom stereocenters. The monoisotopic (exact) mass is 416 g/mol. The van der Waals surface area contributed by atoms with Crippen LogP contribution in [0.5, 0.6) is 5.75 Å². The molecule has 6 heteroatoms. The van der Waals surface area contributed by atoms with Crippen LogP contribution in [0.3, 0.4) is 0 Å². The van der Waals surface area contributed by atoms with Crippen LogP contribution in [0, 0.1) is 5.92 Å². The summed E-state index contributed by atoms with van der Waals surface area (Å²) in [5.41, 5.74) is 1.81. The fourth-order valence-electron chi connectivity index (χ4n) is 3.92. The Kier molecular flexibility index (Phi) is 7.24. The minimum Gasteiger partial charge on any atom is -0.492 e. The Morgan fingerprint density at radius 3 is 2.45 bits per heavy atom. The number of pyridine rings is 2.